The van der Waals surface area contributed by atoms with Gasteiger partial charge in [0, 0.05) is 0 Å². The van der Waals surface area contributed by atoms with E-state index < -0.39 is 0 Å². The molecular weight excluding hydrogens is 131 g/mol. The lowest BCUT2D eigenvalue weighted by Gasteiger charge is -2.31. The lowest BCUT2D eigenvalue weighted by atomic mass is 9.60. The molecule has 1 unspecified atom stereocenters. The summed E-state index contributed by atoms with van der Waals surface area (Å²) in [7, 11) is 2.30. The highest BCUT2D eigenvalue weighted by molar-refractivity contribution is 6.35. The Kier molecular flexibility index (Phi) is 4.21. The molecule has 0 aliphatic rings. The Labute approximate surface area is 73.0 Å². The second-order valence-electron chi connectivity index (χ2n) is 4.66. The van der Waals surface area contributed by atoms with Crippen molar-refractivity contribution in [2.75, 3.05) is 0 Å². The van der Waals surface area contributed by atoms with Crippen LogP contribution in [0.5, 0.6) is 0 Å². The molecule has 0 aromatic heterocycles. The van der Waals surface area contributed by atoms with E-state index in [0.717, 1.165) is 11.7 Å². The van der Waals surface area contributed by atoms with Crippen LogP contribution < -0.4 is 0 Å². The molecule has 0 amide bonds. The molecule has 65 valence electrons. The third-order valence-electron chi connectivity index (χ3n) is 2.98. The monoisotopic (exact) mass is 153 g/mol. The maximum absolute atomic E-state index is 2.36. The minimum atomic E-state index is 0.492. The van der Waals surface area contributed by atoms with Crippen molar-refractivity contribution in [1.29, 1.82) is 0 Å². The standard InChI is InChI=1S/C10H22B/c1-8(2)10(4,5)7-9(3)11-6/h8-9H,7H2,1-6H3. The van der Waals surface area contributed by atoms with Crippen LogP contribution in [0.1, 0.15) is 41.0 Å². The van der Waals surface area contributed by atoms with Crippen molar-refractivity contribution in [3.63, 3.8) is 0 Å². The van der Waals surface area contributed by atoms with E-state index in [-0.39, 0.29) is 0 Å². The van der Waals surface area contributed by atoms with Gasteiger partial charge in [-0.2, -0.15) is 0 Å². The zero-order valence-electron chi connectivity index (χ0n) is 8.94. The Morgan fingerprint density at radius 1 is 1.18 bits per heavy atom. The third-order valence-corrected chi connectivity index (χ3v) is 2.98. The summed E-state index contributed by atoms with van der Waals surface area (Å²) >= 11 is 0. The van der Waals surface area contributed by atoms with Crippen LogP contribution in [-0.2, 0) is 0 Å². The Morgan fingerprint density at radius 2 is 1.64 bits per heavy atom. The summed E-state index contributed by atoms with van der Waals surface area (Å²) in [6.07, 6.45) is 1.31. The van der Waals surface area contributed by atoms with Crippen molar-refractivity contribution < 1.29 is 0 Å². The predicted molar refractivity (Wildman–Crippen MR) is 54.3 cm³/mol. The first kappa shape index (κ1) is 11.1. The molecule has 0 heterocycles. The summed E-state index contributed by atoms with van der Waals surface area (Å²) in [4.78, 5) is 0. The largest absolute Gasteiger partial charge is 0.109 e. The van der Waals surface area contributed by atoms with Crippen LogP contribution in [0, 0.1) is 11.3 Å². The van der Waals surface area contributed by atoms with Crippen LogP contribution in [-0.4, -0.2) is 7.28 Å². The van der Waals surface area contributed by atoms with Gasteiger partial charge in [-0.25, -0.2) is 0 Å². The zero-order chi connectivity index (χ0) is 9.07. The molecule has 0 nitrogen and oxygen atoms in total. The molecule has 0 bridgehead atoms. The molecule has 1 atom stereocenters. The zero-order valence-corrected chi connectivity index (χ0v) is 8.94. The van der Waals surface area contributed by atoms with Crippen LogP contribution in [0.15, 0.2) is 0 Å². The van der Waals surface area contributed by atoms with Crippen LogP contribution in [0.2, 0.25) is 12.6 Å². The van der Waals surface area contributed by atoms with Gasteiger partial charge in [0.2, 0.25) is 0 Å². The van der Waals surface area contributed by atoms with Gasteiger partial charge in [0.05, 0.1) is 0 Å². The van der Waals surface area contributed by atoms with Crippen molar-refractivity contribution in [2.24, 2.45) is 11.3 Å². The van der Waals surface area contributed by atoms with Gasteiger partial charge in [0.15, 0.2) is 0 Å². The van der Waals surface area contributed by atoms with Gasteiger partial charge in [-0.15, -0.1) is 0 Å². The third kappa shape index (κ3) is 3.84. The van der Waals surface area contributed by atoms with E-state index in [0.29, 0.717) is 5.41 Å². The topological polar surface area (TPSA) is 0 Å². The highest BCUT2D eigenvalue weighted by Crippen LogP contribution is 2.34. The molecule has 0 saturated heterocycles. The normalized spacial score (nSPS) is 15.2. The second kappa shape index (κ2) is 4.18. The molecule has 0 aliphatic heterocycles. The summed E-state index contributed by atoms with van der Waals surface area (Å²) in [5.41, 5.74) is 0.492. The molecule has 0 aliphatic carbocycles. The molecule has 1 radical (unpaired) electrons. The maximum Gasteiger partial charge on any atom is 0.109 e. The van der Waals surface area contributed by atoms with E-state index in [1.54, 1.807) is 0 Å². The van der Waals surface area contributed by atoms with E-state index >= 15 is 0 Å². The Balaban J connectivity index is 3.90. The number of hydrogen-bond acceptors (Lipinski definition) is 0. The SMILES string of the molecule is C[B]C(C)CC(C)(C)C(C)C. The van der Waals surface area contributed by atoms with Crippen LogP contribution in [0.25, 0.3) is 0 Å². The van der Waals surface area contributed by atoms with Crippen LogP contribution in [0.3, 0.4) is 0 Å². The van der Waals surface area contributed by atoms with Crippen molar-refractivity contribution in [3.8, 4) is 0 Å². The average Bonchev–Trinajstić information content (AvgIpc) is 1.86. The Bertz CT molecular complexity index is 105. The molecule has 0 saturated carbocycles. The molecule has 0 aromatic rings. The summed E-state index contributed by atoms with van der Waals surface area (Å²) < 4.78 is 0. The molecule has 0 spiro atoms. The second-order valence-corrected chi connectivity index (χ2v) is 4.66. The van der Waals surface area contributed by atoms with Crippen molar-refractivity contribution in [2.45, 2.75) is 53.7 Å². The van der Waals surface area contributed by atoms with E-state index in [4.69, 9.17) is 0 Å². The lowest BCUT2D eigenvalue weighted by Crippen LogP contribution is -2.21. The lowest BCUT2D eigenvalue weighted by molar-refractivity contribution is 0.227. The van der Waals surface area contributed by atoms with E-state index in [2.05, 4.69) is 48.7 Å². The van der Waals surface area contributed by atoms with Gasteiger partial charge in [-0.05, 0) is 11.3 Å². The summed E-state index contributed by atoms with van der Waals surface area (Å²) in [6, 6.07) is 0. The first-order chi connectivity index (χ1) is 4.90. The van der Waals surface area contributed by atoms with Crippen LogP contribution >= 0.6 is 0 Å². The van der Waals surface area contributed by atoms with Gasteiger partial charge in [0.1, 0.15) is 7.28 Å². The van der Waals surface area contributed by atoms with Crippen LogP contribution in [0.4, 0.5) is 0 Å². The van der Waals surface area contributed by atoms with Gasteiger partial charge >= 0.3 is 0 Å². The minimum Gasteiger partial charge on any atom is -0.0917 e. The number of hydrogen-bond donors (Lipinski definition) is 0. The fourth-order valence-electron chi connectivity index (χ4n) is 1.18. The smallest absolute Gasteiger partial charge is 0.0917 e. The quantitative estimate of drug-likeness (QED) is 0.541. The van der Waals surface area contributed by atoms with Gasteiger partial charge < -0.3 is 0 Å². The van der Waals surface area contributed by atoms with Crippen molar-refractivity contribution in [3.05, 3.63) is 0 Å². The summed E-state index contributed by atoms with van der Waals surface area (Å²) in [5, 5.41) is 0. The highest BCUT2D eigenvalue weighted by Gasteiger charge is 2.23. The predicted octanol–water partition coefficient (Wildman–Crippen LogP) is 3.62. The van der Waals surface area contributed by atoms with E-state index in [1.807, 2.05) is 0 Å². The molecule has 0 rings (SSSR count). The molecule has 0 fully saturated rings. The van der Waals surface area contributed by atoms with Crippen molar-refractivity contribution in [1.82, 2.24) is 0 Å². The minimum absolute atomic E-state index is 0.492. The Hall–Kier alpha value is 0.0649. The highest BCUT2D eigenvalue weighted by atomic mass is 14.3. The molecule has 0 aromatic carbocycles. The van der Waals surface area contributed by atoms with Gasteiger partial charge in [-0.3, -0.25) is 0 Å². The molecule has 11 heavy (non-hydrogen) atoms. The van der Waals surface area contributed by atoms with Gasteiger partial charge in [-0.1, -0.05) is 53.7 Å². The molecule has 1 heteroatoms. The Morgan fingerprint density at radius 3 is 1.91 bits per heavy atom. The first-order valence-electron chi connectivity index (χ1n) is 4.69. The number of rotatable bonds is 4. The fraction of sp³-hybridized carbons (Fsp3) is 1.00. The molecule has 0 N–H and O–H groups in total. The maximum atomic E-state index is 2.36. The van der Waals surface area contributed by atoms with E-state index in [9.17, 15) is 0 Å². The van der Waals surface area contributed by atoms with Crippen molar-refractivity contribution >= 4 is 7.28 Å². The van der Waals surface area contributed by atoms with Gasteiger partial charge in [0.25, 0.3) is 0 Å². The first-order valence-corrected chi connectivity index (χ1v) is 4.69. The summed E-state index contributed by atoms with van der Waals surface area (Å²) in [5.74, 6) is 1.54. The molecular formula is C10H22B. The van der Waals surface area contributed by atoms with E-state index in [1.165, 1.54) is 6.42 Å². The average molecular weight is 153 g/mol. The fourth-order valence-corrected chi connectivity index (χ4v) is 1.18. The summed E-state index contributed by atoms with van der Waals surface area (Å²) in [6.45, 7) is 13.8.